The minimum Gasteiger partial charge on any atom is -0.471 e. The predicted octanol–water partition coefficient (Wildman–Crippen LogP) is 2.42. The number of ether oxygens (including phenoxy) is 2. The van der Waals surface area contributed by atoms with Gasteiger partial charge in [0.1, 0.15) is 23.0 Å². The Morgan fingerprint density at radius 1 is 1.31 bits per heavy atom. The minimum atomic E-state index is -0.794. The van der Waals surface area contributed by atoms with Gasteiger partial charge in [0.2, 0.25) is 5.88 Å². The van der Waals surface area contributed by atoms with E-state index in [-0.39, 0.29) is 23.1 Å². The molecule has 0 saturated carbocycles. The lowest BCUT2D eigenvalue weighted by Gasteiger charge is -2.26. The van der Waals surface area contributed by atoms with Crippen LogP contribution in [0.15, 0.2) is 12.1 Å². The summed E-state index contributed by atoms with van der Waals surface area (Å²) in [5, 5.41) is 5.53. The van der Waals surface area contributed by atoms with Crippen LogP contribution in [0.25, 0.3) is 0 Å². The number of carbonyl (C=O) groups is 2. The number of halogens is 1. The third-order valence-electron chi connectivity index (χ3n) is 5.09. The van der Waals surface area contributed by atoms with Gasteiger partial charge in [-0.3, -0.25) is 15.0 Å². The molecule has 1 saturated heterocycles. The number of morpholine rings is 1. The minimum absolute atomic E-state index is 0.0375. The average molecular weight is 466 g/mol. The summed E-state index contributed by atoms with van der Waals surface area (Å²) in [7, 11) is 0. The zero-order valence-electron chi connectivity index (χ0n) is 18.2. The summed E-state index contributed by atoms with van der Waals surface area (Å²) >= 11 is 0.877. The van der Waals surface area contributed by atoms with Crippen molar-refractivity contribution in [3.63, 3.8) is 0 Å². The molecular weight excluding hydrogens is 437 g/mol. The van der Waals surface area contributed by atoms with E-state index in [4.69, 9.17) is 15.2 Å². The summed E-state index contributed by atoms with van der Waals surface area (Å²) in [5.74, 6) is -1.23. The highest BCUT2D eigenvalue weighted by Gasteiger charge is 2.22. The van der Waals surface area contributed by atoms with Crippen LogP contribution in [0.5, 0.6) is 5.88 Å². The number of amides is 3. The molecule has 1 aliphatic rings. The van der Waals surface area contributed by atoms with E-state index >= 15 is 0 Å². The number of nitrogens with zero attached hydrogens (tertiary/aromatic N) is 2. The normalized spacial score (nSPS) is 14.2. The fourth-order valence-corrected chi connectivity index (χ4v) is 4.16. The number of hydrogen-bond acceptors (Lipinski definition) is 7. The molecule has 3 rings (SSSR count). The Hall–Kier alpha value is -2.76. The number of anilines is 1. The van der Waals surface area contributed by atoms with Crippen molar-refractivity contribution in [1.82, 2.24) is 14.6 Å². The van der Waals surface area contributed by atoms with E-state index in [1.165, 1.54) is 6.07 Å². The van der Waals surface area contributed by atoms with Gasteiger partial charge in [0.05, 0.1) is 13.2 Å². The molecule has 0 spiro atoms. The average Bonchev–Trinajstić information content (AvgIpc) is 3.13. The third-order valence-corrected chi connectivity index (χ3v) is 5.84. The second-order valence-electron chi connectivity index (χ2n) is 7.58. The van der Waals surface area contributed by atoms with Crippen LogP contribution in [-0.4, -0.2) is 60.6 Å². The lowest BCUT2D eigenvalue weighted by molar-refractivity contribution is 0.0375. The molecule has 0 unspecified atom stereocenters. The number of carbonyl (C=O) groups excluding carboxylic acids is 2. The van der Waals surface area contributed by atoms with E-state index < -0.39 is 17.8 Å². The molecular formula is C21H28FN5O4S. The number of nitrogens with one attached hydrogen (secondary N) is 2. The van der Waals surface area contributed by atoms with E-state index in [9.17, 15) is 14.0 Å². The molecule has 1 fully saturated rings. The van der Waals surface area contributed by atoms with Crippen LogP contribution in [0.2, 0.25) is 0 Å². The predicted molar refractivity (Wildman–Crippen MR) is 120 cm³/mol. The summed E-state index contributed by atoms with van der Waals surface area (Å²) < 4.78 is 29.2. The molecule has 32 heavy (non-hydrogen) atoms. The molecule has 0 bridgehead atoms. The lowest BCUT2D eigenvalue weighted by Crippen LogP contribution is -2.38. The van der Waals surface area contributed by atoms with Crippen LogP contribution in [0.4, 0.5) is 14.2 Å². The summed E-state index contributed by atoms with van der Waals surface area (Å²) in [5.41, 5.74) is 7.34. The van der Waals surface area contributed by atoms with Crippen molar-refractivity contribution < 1.29 is 23.5 Å². The second-order valence-corrected chi connectivity index (χ2v) is 8.35. The first-order chi connectivity index (χ1) is 15.3. The molecule has 11 heteroatoms. The molecule has 0 radical (unpaired) electrons. The molecule has 0 atom stereocenters. The molecule has 9 nitrogen and oxygen atoms in total. The van der Waals surface area contributed by atoms with Crippen molar-refractivity contribution in [3.8, 4) is 5.88 Å². The van der Waals surface area contributed by atoms with Crippen LogP contribution in [0, 0.1) is 19.7 Å². The van der Waals surface area contributed by atoms with Gasteiger partial charge < -0.3 is 20.5 Å². The largest absolute Gasteiger partial charge is 0.471 e. The Kier molecular flexibility index (Phi) is 8.37. The van der Waals surface area contributed by atoms with Crippen molar-refractivity contribution in [3.05, 3.63) is 40.2 Å². The molecule has 1 aromatic carbocycles. The molecule has 0 aliphatic carbocycles. The Balaban J connectivity index is 1.55. The number of primary amides is 1. The molecule has 4 N–H and O–H groups in total. The number of aromatic nitrogens is 1. The molecule has 174 valence electrons. The highest BCUT2D eigenvalue weighted by Crippen LogP contribution is 2.31. The van der Waals surface area contributed by atoms with Crippen molar-refractivity contribution in [1.29, 1.82) is 0 Å². The zero-order chi connectivity index (χ0) is 23.1. The summed E-state index contributed by atoms with van der Waals surface area (Å²) in [4.78, 5) is 26.5. The van der Waals surface area contributed by atoms with Crippen molar-refractivity contribution in [2.45, 2.75) is 26.9 Å². The number of nitrogens with two attached hydrogens (primary N) is 1. The Labute approximate surface area is 190 Å². The van der Waals surface area contributed by atoms with Crippen LogP contribution in [0.3, 0.4) is 0 Å². The van der Waals surface area contributed by atoms with Gasteiger partial charge in [-0.2, -0.15) is 4.37 Å². The first-order valence-corrected chi connectivity index (χ1v) is 11.2. The van der Waals surface area contributed by atoms with E-state index in [1.54, 1.807) is 13.8 Å². The molecule has 2 aromatic rings. The fourth-order valence-electron chi connectivity index (χ4n) is 3.42. The monoisotopic (exact) mass is 465 g/mol. The number of urea groups is 1. The smallest absolute Gasteiger partial charge is 0.319 e. The number of hydrogen-bond donors (Lipinski definition) is 3. The first-order valence-electron chi connectivity index (χ1n) is 10.4. The first kappa shape index (κ1) is 23.9. The number of rotatable bonds is 9. The van der Waals surface area contributed by atoms with E-state index in [0.717, 1.165) is 61.9 Å². The van der Waals surface area contributed by atoms with Crippen LogP contribution >= 0.6 is 11.5 Å². The van der Waals surface area contributed by atoms with Gasteiger partial charge >= 0.3 is 6.03 Å². The zero-order valence-corrected chi connectivity index (χ0v) is 19.0. The highest BCUT2D eigenvalue weighted by molar-refractivity contribution is 7.11. The van der Waals surface area contributed by atoms with Crippen molar-refractivity contribution >= 4 is 28.5 Å². The van der Waals surface area contributed by atoms with Gasteiger partial charge in [-0.1, -0.05) is 6.07 Å². The number of benzene rings is 1. The number of aryl methyl sites for hydroxylation is 2. The van der Waals surface area contributed by atoms with Gasteiger partial charge in [-0.05, 0) is 55.5 Å². The van der Waals surface area contributed by atoms with Gasteiger partial charge in [0, 0.05) is 25.2 Å². The van der Waals surface area contributed by atoms with Crippen molar-refractivity contribution in [2.75, 3.05) is 44.7 Å². The van der Waals surface area contributed by atoms with E-state index in [1.807, 2.05) is 6.07 Å². The van der Waals surface area contributed by atoms with Gasteiger partial charge in [0.15, 0.2) is 0 Å². The topological polar surface area (TPSA) is 119 Å². The van der Waals surface area contributed by atoms with Crippen LogP contribution < -0.4 is 21.1 Å². The maximum Gasteiger partial charge on any atom is 0.319 e. The third kappa shape index (κ3) is 6.38. The Morgan fingerprint density at radius 3 is 2.75 bits per heavy atom. The lowest BCUT2D eigenvalue weighted by atomic mass is 10.1. The molecule has 2 heterocycles. The summed E-state index contributed by atoms with van der Waals surface area (Å²) in [6, 6.07) is 2.79. The SMILES string of the molecule is Cc1cc(C)c(COc2nsc(NC(=O)NCCCN3CCOCC3)c2C(N)=O)c(F)c1. The van der Waals surface area contributed by atoms with Crippen LogP contribution in [0.1, 0.15) is 33.5 Å². The molecule has 1 aliphatic heterocycles. The highest BCUT2D eigenvalue weighted by atomic mass is 32.1. The molecule has 1 aromatic heterocycles. The van der Waals surface area contributed by atoms with Crippen LogP contribution in [-0.2, 0) is 11.3 Å². The van der Waals surface area contributed by atoms with Gasteiger partial charge in [-0.25, -0.2) is 9.18 Å². The maximum absolute atomic E-state index is 14.3. The maximum atomic E-state index is 14.3. The van der Waals surface area contributed by atoms with Crippen molar-refractivity contribution in [2.24, 2.45) is 5.73 Å². The summed E-state index contributed by atoms with van der Waals surface area (Å²) in [6.45, 7) is 8.06. The standard InChI is InChI=1S/C21H28FN5O4S/c1-13-10-14(2)15(16(22)11-13)12-31-19-17(18(23)28)20(32-26-19)25-21(29)24-4-3-5-27-6-8-30-9-7-27/h10-11H,3-9,12H2,1-2H3,(H2,23,28)(H2,24,25,29). The van der Waals surface area contributed by atoms with E-state index in [0.29, 0.717) is 12.1 Å². The summed E-state index contributed by atoms with van der Waals surface area (Å²) in [6.07, 6.45) is 0.786. The van der Waals surface area contributed by atoms with E-state index in [2.05, 4.69) is 19.9 Å². The fraction of sp³-hybridized carbons (Fsp3) is 0.476. The van der Waals surface area contributed by atoms with Gasteiger partial charge in [0.25, 0.3) is 5.91 Å². The Morgan fingerprint density at radius 2 is 2.06 bits per heavy atom. The quantitative estimate of drug-likeness (QED) is 0.490. The molecule has 3 amide bonds. The van der Waals surface area contributed by atoms with Gasteiger partial charge in [-0.15, -0.1) is 0 Å². The Bertz CT molecular complexity index is 939. The second kappa shape index (κ2) is 11.2.